The fraction of sp³-hybridized carbons (Fsp3) is 0.200. The summed E-state index contributed by atoms with van der Waals surface area (Å²) in [5, 5.41) is 8.66. The lowest BCUT2D eigenvalue weighted by molar-refractivity contribution is -0.138. The molecule has 1 heterocycles. The molecule has 0 radical (unpaired) electrons. The summed E-state index contributed by atoms with van der Waals surface area (Å²) in [5.74, 6) is -3.18. The second kappa shape index (κ2) is 4.10. The van der Waals surface area contributed by atoms with E-state index in [4.69, 9.17) is 10.8 Å². The van der Waals surface area contributed by atoms with Crippen molar-refractivity contribution in [2.45, 2.75) is 12.6 Å². The van der Waals surface area contributed by atoms with E-state index in [9.17, 15) is 13.6 Å². The molecule has 3 N–H and O–H groups in total. The standard InChI is InChI=1S/C10H9F2N3O2/c11-5-1-8-9(2-6(5)12)15(4-14-8)3-7(13)10(16)17/h1-2,4,7H,3,13H2,(H,16,17)/t7-/m0/s1. The predicted molar refractivity (Wildman–Crippen MR) is 55.3 cm³/mol. The first-order chi connectivity index (χ1) is 7.99. The molecule has 1 aromatic carbocycles. The van der Waals surface area contributed by atoms with Gasteiger partial charge in [0.2, 0.25) is 0 Å². The van der Waals surface area contributed by atoms with E-state index in [0.29, 0.717) is 5.52 Å². The summed E-state index contributed by atoms with van der Waals surface area (Å²) in [6.45, 7) is -0.0586. The fourth-order valence-corrected chi connectivity index (χ4v) is 1.49. The molecule has 0 bridgehead atoms. The van der Waals surface area contributed by atoms with Gasteiger partial charge in [-0.05, 0) is 0 Å². The van der Waals surface area contributed by atoms with Crippen LogP contribution in [0.3, 0.4) is 0 Å². The van der Waals surface area contributed by atoms with Gasteiger partial charge in [-0.25, -0.2) is 13.8 Å². The zero-order valence-electron chi connectivity index (χ0n) is 8.60. The van der Waals surface area contributed by atoms with Crippen LogP contribution in [0.4, 0.5) is 8.78 Å². The third-order valence-electron chi connectivity index (χ3n) is 2.37. The minimum Gasteiger partial charge on any atom is -0.480 e. The van der Waals surface area contributed by atoms with Crippen LogP contribution in [0, 0.1) is 11.6 Å². The molecule has 1 atom stereocenters. The highest BCUT2D eigenvalue weighted by Crippen LogP contribution is 2.17. The highest BCUT2D eigenvalue weighted by molar-refractivity contribution is 5.76. The van der Waals surface area contributed by atoms with Gasteiger partial charge in [-0.2, -0.15) is 0 Å². The molecule has 0 aliphatic rings. The molecule has 0 saturated heterocycles. The summed E-state index contributed by atoms with van der Waals surface area (Å²) in [4.78, 5) is 14.4. The lowest BCUT2D eigenvalue weighted by Gasteiger charge is -2.08. The Morgan fingerprint density at radius 3 is 2.76 bits per heavy atom. The maximum absolute atomic E-state index is 13.0. The SMILES string of the molecule is N[C@@H](Cn1cnc2cc(F)c(F)cc21)C(=O)O. The summed E-state index contributed by atoms with van der Waals surface area (Å²) >= 11 is 0. The maximum atomic E-state index is 13.0. The van der Waals surface area contributed by atoms with Crippen molar-refractivity contribution in [3.8, 4) is 0 Å². The zero-order valence-corrected chi connectivity index (χ0v) is 8.60. The van der Waals surface area contributed by atoms with Crippen molar-refractivity contribution in [3.63, 3.8) is 0 Å². The number of aromatic nitrogens is 2. The van der Waals surface area contributed by atoms with Gasteiger partial charge in [0.1, 0.15) is 6.04 Å². The van der Waals surface area contributed by atoms with E-state index in [1.807, 2.05) is 0 Å². The molecule has 2 rings (SSSR count). The zero-order chi connectivity index (χ0) is 12.6. The molecule has 0 fully saturated rings. The van der Waals surface area contributed by atoms with Crippen molar-refractivity contribution in [1.29, 1.82) is 0 Å². The summed E-state index contributed by atoms with van der Waals surface area (Å²) < 4.78 is 27.3. The monoisotopic (exact) mass is 241 g/mol. The summed E-state index contributed by atoms with van der Waals surface area (Å²) in [6.07, 6.45) is 1.30. The molecule has 1 aromatic heterocycles. The number of benzene rings is 1. The van der Waals surface area contributed by atoms with Gasteiger partial charge in [0, 0.05) is 12.1 Å². The predicted octanol–water partition coefficient (Wildman–Crippen LogP) is 0.726. The Bertz CT molecular complexity index is 582. The second-order valence-electron chi connectivity index (χ2n) is 3.60. The van der Waals surface area contributed by atoms with Gasteiger partial charge in [0.25, 0.3) is 0 Å². The number of nitrogens with two attached hydrogens (primary N) is 1. The number of aliphatic carboxylic acids is 1. The van der Waals surface area contributed by atoms with Crippen molar-refractivity contribution >= 4 is 17.0 Å². The minimum absolute atomic E-state index is 0.0586. The van der Waals surface area contributed by atoms with Crippen molar-refractivity contribution in [3.05, 3.63) is 30.1 Å². The van der Waals surface area contributed by atoms with E-state index in [-0.39, 0.29) is 12.1 Å². The van der Waals surface area contributed by atoms with Gasteiger partial charge in [-0.1, -0.05) is 0 Å². The first-order valence-corrected chi connectivity index (χ1v) is 4.77. The molecule has 90 valence electrons. The van der Waals surface area contributed by atoms with Crippen LogP contribution in [0.5, 0.6) is 0 Å². The Morgan fingerprint density at radius 2 is 2.12 bits per heavy atom. The number of rotatable bonds is 3. The smallest absolute Gasteiger partial charge is 0.322 e. The Balaban J connectivity index is 2.42. The molecule has 5 nitrogen and oxygen atoms in total. The maximum Gasteiger partial charge on any atom is 0.322 e. The minimum atomic E-state index is -1.17. The van der Waals surface area contributed by atoms with Crippen molar-refractivity contribution in [1.82, 2.24) is 9.55 Å². The number of nitrogens with zero attached hydrogens (tertiary/aromatic N) is 2. The van der Waals surface area contributed by atoms with Crippen LogP contribution in [-0.4, -0.2) is 26.7 Å². The molecule has 0 saturated carbocycles. The number of carbonyl (C=O) groups is 1. The molecule has 0 unspecified atom stereocenters. The molecule has 7 heteroatoms. The molecule has 17 heavy (non-hydrogen) atoms. The van der Waals surface area contributed by atoms with Crippen LogP contribution < -0.4 is 5.73 Å². The highest BCUT2D eigenvalue weighted by atomic mass is 19.2. The normalized spacial score (nSPS) is 12.9. The topological polar surface area (TPSA) is 81.1 Å². The van der Waals surface area contributed by atoms with Crippen molar-refractivity contribution in [2.24, 2.45) is 5.73 Å². The van der Waals surface area contributed by atoms with Crippen LogP contribution in [0.2, 0.25) is 0 Å². The molecular formula is C10H9F2N3O2. The van der Waals surface area contributed by atoms with Gasteiger partial charge in [-0.15, -0.1) is 0 Å². The fourth-order valence-electron chi connectivity index (χ4n) is 1.49. The molecule has 0 aliphatic carbocycles. The van der Waals surface area contributed by atoms with Gasteiger partial charge >= 0.3 is 5.97 Å². The lowest BCUT2D eigenvalue weighted by Crippen LogP contribution is -2.34. The van der Waals surface area contributed by atoms with Crippen LogP contribution in [-0.2, 0) is 11.3 Å². The van der Waals surface area contributed by atoms with Crippen molar-refractivity contribution < 1.29 is 18.7 Å². The highest BCUT2D eigenvalue weighted by Gasteiger charge is 2.15. The van der Waals surface area contributed by atoms with E-state index < -0.39 is 23.6 Å². The quantitative estimate of drug-likeness (QED) is 0.829. The van der Waals surface area contributed by atoms with Crippen molar-refractivity contribution in [2.75, 3.05) is 0 Å². The second-order valence-corrected chi connectivity index (χ2v) is 3.60. The number of hydrogen-bond donors (Lipinski definition) is 2. The first-order valence-electron chi connectivity index (χ1n) is 4.77. The number of hydrogen-bond acceptors (Lipinski definition) is 3. The Kier molecular flexibility index (Phi) is 2.76. The largest absolute Gasteiger partial charge is 0.480 e. The van der Waals surface area contributed by atoms with Crippen LogP contribution in [0.1, 0.15) is 0 Å². The lowest BCUT2D eigenvalue weighted by atomic mass is 10.2. The van der Waals surface area contributed by atoms with E-state index in [1.165, 1.54) is 10.9 Å². The number of halogens is 2. The third-order valence-corrected chi connectivity index (χ3v) is 2.37. The molecule has 2 aromatic rings. The summed E-state index contributed by atoms with van der Waals surface area (Å²) in [5.41, 5.74) is 5.91. The Morgan fingerprint density at radius 1 is 1.47 bits per heavy atom. The van der Waals surface area contributed by atoms with Crippen LogP contribution in [0.15, 0.2) is 18.5 Å². The average molecular weight is 241 g/mol. The first kappa shape index (κ1) is 11.5. The third kappa shape index (κ3) is 2.09. The number of carboxylic acids is 1. The van der Waals surface area contributed by atoms with Gasteiger partial charge < -0.3 is 15.4 Å². The average Bonchev–Trinajstić information content (AvgIpc) is 2.62. The van der Waals surface area contributed by atoms with E-state index in [2.05, 4.69) is 4.98 Å². The molecule has 0 spiro atoms. The number of imidazole rings is 1. The molecular weight excluding hydrogens is 232 g/mol. The van der Waals surface area contributed by atoms with Gasteiger partial charge in [0.05, 0.1) is 23.9 Å². The Labute approximate surface area is 94.5 Å². The van der Waals surface area contributed by atoms with Gasteiger partial charge in [0.15, 0.2) is 11.6 Å². The number of carboxylic acid groups (broad SMARTS) is 1. The Hall–Kier alpha value is -2.02. The van der Waals surface area contributed by atoms with Crippen LogP contribution >= 0.6 is 0 Å². The van der Waals surface area contributed by atoms with E-state index in [1.54, 1.807) is 0 Å². The molecule has 0 aliphatic heterocycles. The number of fused-ring (bicyclic) bond motifs is 1. The van der Waals surface area contributed by atoms with Gasteiger partial charge in [-0.3, -0.25) is 4.79 Å². The van der Waals surface area contributed by atoms with E-state index >= 15 is 0 Å². The van der Waals surface area contributed by atoms with E-state index in [0.717, 1.165) is 12.1 Å². The van der Waals surface area contributed by atoms with Crippen LogP contribution in [0.25, 0.3) is 11.0 Å². The summed E-state index contributed by atoms with van der Waals surface area (Å²) in [7, 11) is 0. The molecule has 0 amide bonds. The summed E-state index contributed by atoms with van der Waals surface area (Å²) in [6, 6.07) is 0.792.